The zero-order chi connectivity index (χ0) is 15.6. The van der Waals surface area contributed by atoms with Crippen LogP contribution in [-0.2, 0) is 0 Å². The van der Waals surface area contributed by atoms with Gasteiger partial charge in [0.15, 0.2) is 0 Å². The van der Waals surface area contributed by atoms with E-state index < -0.39 is 10.8 Å². The van der Waals surface area contributed by atoms with Gasteiger partial charge in [0.2, 0.25) is 0 Å². The molecule has 0 saturated carbocycles. The summed E-state index contributed by atoms with van der Waals surface area (Å²) in [5.74, 6) is -0.539. The van der Waals surface area contributed by atoms with Crippen molar-refractivity contribution in [1.29, 1.82) is 0 Å². The zero-order valence-corrected chi connectivity index (χ0v) is 12.1. The first-order valence-corrected chi connectivity index (χ1v) is 6.45. The number of rotatable bonds is 3. The molecular weight excluding hydrogens is 294 g/mol. The largest absolute Gasteiger partial charge is 0.322 e. The summed E-state index contributed by atoms with van der Waals surface area (Å²) in [6, 6.07) is 6.65. The van der Waals surface area contributed by atoms with E-state index in [2.05, 4.69) is 10.3 Å². The Morgan fingerprint density at radius 1 is 1.33 bits per heavy atom. The van der Waals surface area contributed by atoms with Crippen LogP contribution in [0.4, 0.5) is 11.4 Å². The van der Waals surface area contributed by atoms with E-state index >= 15 is 0 Å². The number of amides is 1. The second-order valence-electron chi connectivity index (χ2n) is 4.56. The molecule has 0 atom stereocenters. The normalized spacial score (nSPS) is 10.2. The maximum Gasteiger partial charge on any atom is 0.288 e. The highest BCUT2D eigenvalue weighted by molar-refractivity contribution is 6.33. The predicted molar refractivity (Wildman–Crippen MR) is 79.8 cm³/mol. The number of nitrogens with zero attached hydrogens (tertiary/aromatic N) is 2. The Morgan fingerprint density at radius 2 is 2.05 bits per heavy atom. The molecule has 1 heterocycles. The first-order chi connectivity index (χ1) is 9.88. The van der Waals surface area contributed by atoms with Crippen LogP contribution < -0.4 is 5.32 Å². The lowest BCUT2D eigenvalue weighted by Crippen LogP contribution is -2.14. The number of nitrogens with one attached hydrogen (secondary N) is 1. The number of anilines is 1. The molecule has 7 heteroatoms. The molecule has 108 valence electrons. The smallest absolute Gasteiger partial charge is 0.288 e. The zero-order valence-electron chi connectivity index (χ0n) is 11.4. The molecule has 21 heavy (non-hydrogen) atoms. The van der Waals surface area contributed by atoms with Crippen molar-refractivity contribution in [1.82, 2.24) is 4.98 Å². The third kappa shape index (κ3) is 3.35. The van der Waals surface area contributed by atoms with E-state index in [0.29, 0.717) is 5.69 Å². The quantitative estimate of drug-likeness (QED) is 0.534. The van der Waals surface area contributed by atoms with Gasteiger partial charge in [-0.2, -0.15) is 0 Å². The maximum atomic E-state index is 12.2. The molecule has 1 aromatic heterocycles. The van der Waals surface area contributed by atoms with E-state index in [4.69, 9.17) is 11.6 Å². The Labute approximate surface area is 125 Å². The Balaban J connectivity index is 2.32. The number of carbonyl (C=O) groups is 1. The second-order valence-corrected chi connectivity index (χ2v) is 4.92. The average Bonchev–Trinajstić information content (AvgIpc) is 2.42. The summed E-state index contributed by atoms with van der Waals surface area (Å²) in [5, 5.41) is 13.3. The molecule has 0 aliphatic heterocycles. The summed E-state index contributed by atoms with van der Waals surface area (Å²) in [7, 11) is 0. The van der Waals surface area contributed by atoms with Crippen molar-refractivity contribution in [3.05, 3.63) is 62.4 Å². The van der Waals surface area contributed by atoms with Gasteiger partial charge in [-0.3, -0.25) is 14.9 Å². The molecule has 2 rings (SSSR count). The molecule has 1 aromatic carbocycles. The van der Waals surface area contributed by atoms with Crippen LogP contribution in [0.5, 0.6) is 0 Å². The lowest BCUT2D eigenvalue weighted by Gasteiger charge is -2.09. The van der Waals surface area contributed by atoms with Crippen molar-refractivity contribution >= 4 is 28.9 Å². The van der Waals surface area contributed by atoms with Gasteiger partial charge in [-0.15, -0.1) is 0 Å². The second kappa shape index (κ2) is 5.88. The number of benzene rings is 1. The number of halogens is 1. The van der Waals surface area contributed by atoms with Gasteiger partial charge in [0.25, 0.3) is 11.6 Å². The molecule has 0 fully saturated rings. The predicted octanol–water partition coefficient (Wildman–Crippen LogP) is 3.51. The Bertz CT molecular complexity index is 731. The standard InChI is InChI=1S/C14H12ClN3O3/c1-8-3-4-12(9(2)5-8)17-14(19)11-6-10(18(20)21)7-16-13(11)15/h3-7H,1-2H3,(H,17,19). The van der Waals surface area contributed by atoms with Crippen LogP contribution in [0.1, 0.15) is 21.5 Å². The van der Waals surface area contributed by atoms with Crippen LogP contribution in [0.15, 0.2) is 30.5 Å². The van der Waals surface area contributed by atoms with Crippen molar-refractivity contribution < 1.29 is 9.72 Å². The van der Waals surface area contributed by atoms with Crippen molar-refractivity contribution in [3.8, 4) is 0 Å². The molecule has 2 aromatic rings. The SMILES string of the molecule is Cc1ccc(NC(=O)c2cc([N+](=O)[O-])cnc2Cl)c(C)c1. The summed E-state index contributed by atoms with van der Waals surface area (Å²) >= 11 is 5.83. The fourth-order valence-corrected chi connectivity index (χ4v) is 2.03. The summed E-state index contributed by atoms with van der Waals surface area (Å²) in [5.41, 5.74) is 2.25. The fourth-order valence-electron chi connectivity index (χ4n) is 1.84. The molecule has 1 amide bonds. The molecule has 0 aliphatic rings. The number of hydrogen-bond acceptors (Lipinski definition) is 4. The number of hydrogen-bond donors (Lipinski definition) is 1. The fraction of sp³-hybridized carbons (Fsp3) is 0.143. The highest BCUT2D eigenvalue weighted by Crippen LogP contribution is 2.22. The number of aryl methyl sites for hydroxylation is 2. The van der Waals surface area contributed by atoms with Gasteiger partial charge in [0, 0.05) is 11.8 Å². The number of pyridine rings is 1. The van der Waals surface area contributed by atoms with E-state index in [0.717, 1.165) is 23.4 Å². The summed E-state index contributed by atoms with van der Waals surface area (Å²) in [6.45, 7) is 3.80. The number of carbonyl (C=O) groups excluding carboxylic acids is 1. The Hall–Kier alpha value is -2.47. The Kier molecular flexibility index (Phi) is 4.18. The minimum Gasteiger partial charge on any atom is -0.322 e. The van der Waals surface area contributed by atoms with Gasteiger partial charge >= 0.3 is 0 Å². The van der Waals surface area contributed by atoms with Crippen LogP contribution in [0.25, 0.3) is 0 Å². The molecule has 0 radical (unpaired) electrons. The van der Waals surface area contributed by atoms with Gasteiger partial charge in [-0.05, 0) is 25.5 Å². The molecule has 0 aliphatic carbocycles. The third-order valence-corrected chi connectivity index (χ3v) is 3.21. The third-order valence-electron chi connectivity index (χ3n) is 2.91. The van der Waals surface area contributed by atoms with Crippen LogP contribution in [0.3, 0.4) is 0 Å². The van der Waals surface area contributed by atoms with Gasteiger partial charge < -0.3 is 5.32 Å². The Morgan fingerprint density at radius 3 is 2.67 bits per heavy atom. The highest BCUT2D eigenvalue weighted by atomic mass is 35.5. The molecular formula is C14H12ClN3O3. The summed E-state index contributed by atoms with van der Waals surface area (Å²) < 4.78 is 0. The van der Waals surface area contributed by atoms with Gasteiger partial charge in [0.05, 0.1) is 10.5 Å². The molecule has 6 nitrogen and oxygen atoms in total. The molecule has 0 bridgehead atoms. The first kappa shape index (κ1) is 14.9. The highest BCUT2D eigenvalue weighted by Gasteiger charge is 2.17. The minimum atomic E-state index is -0.628. The monoisotopic (exact) mass is 305 g/mol. The maximum absolute atomic E-state index is 12.2. The van der Waals surface area contributed by atoms with Crippen molar-refractivity contribution in [2.45, 2.75) is 13.8 Å². The van der Waals surface area contributed by atoms with Crippen molar-refractivity contribution in [2.75, 3.05) is 5.32 Å². The van der Waals surface area contributed by atoms with Crippen LogP contribution in [0, 0.1) is 24.0 Å². The molecule has 0 saturated heterocycles. The topological polar surface area (TPSA) is 85.1 Å². The minimum absolute atomic E-state index is 0.0363. The summed E-state index contributed by atoms with van der Waals surface area (Å²) in [6.07, 6.45) is 1.01. The lowest BCUT2D eigenvalue weighted by molar-refractivity contribution is -0.385. The number of nitro groups is 1. The molecule has 0 unspecified atom stereocenters. The van der Waals surface area contributed by atoms with Gasteiger partial charge in [-0.1, -0.05) is 29.3 Å². The molecule has 1 N–H and O–H groups in total. The number of aromatic nitrogens is 1. The van der Waals surface area contributed by atoms with Crippen LogP contribution in [-0.4, -0.2) is 15.8 Å². The van der Waals surface area contributed by atoms with E-state index in [1.165, 1.54) is 0 Å². The van der Waals surface area contributed by atoms with E-state index in [1.54, 1.807) is 6.07 Å². The van der Waals surface area contributed by atoms with Crippen LogP contribution >= 0.6 is 11.6 Å². The summed E-state index contributed by atoms with van der Waals surface area (Å²) in [4.78, 5) is 26.0. The first-order valence-electron chi connectivity index (χ1n) is 6.07. The van der Waals surface area contributed by atoms with Crippen molar-refractivity contribution in [2.24, 2.45) is 0 Å². The van der Waals surface area contributed by atoms with E-state index in [1.807, 2.05) is 26.0 Å². The average molecular weight is 306 g/mol. The molecule has 0 spiro atoms. The van der Waals surface area contributed by atoms with E-state index in [-0.39, 0.29) is 16.4 Å². The van der Waals surface area contributed by atoms with Crippen LogP contribution in [0.2, 0.25) is 5.15 Å². The van der Waals surface area contributed by atoms with Gasteiger partial charge in [0.1, 0.15) is 11.3 Å². The van der Waals surface area contributed by atoms with Gasteiger partial charge in [-0.25, -0.2) is 4.98 Å². The van der Waals surface area contributed by atoms with E-state index in [9.17, 15) is 14.9 Å². The lowest BCUT2D eigenvalue weighted by atomic mass is 10.1. The van der Waals surface area contributed by atoms with Crippen molar-refractivity contribution in [3.63, 3.8) is 0 Å².